The van der Waals surface area contributed by atoms with Gasteiger partial charge in [-0.2, -0.15) is 9.61 Å². The van der Waals surface area contributed by atoms with Crippen molar-refractivity contribution in [1.82, 2.24) is 19.9 Å². The summed E-state index contributed by atoms with van der Waals surface area (Å²) in [5.41, 5.74) is 3.85. The van der Waals surface area contributed by atoms with Crippen LogP contribution in [0, 0.1) is 12.8 Å². The quantitative estimate of drug-likeness (QED) is 0.740. The Bertz CT molecular complexity index is 958. The second kappa shape index (κ2) is 8.00. The van der Waals surface area contributed by atoms with E-state index in [0.29, 0.717) is 0 Å². The lowest BCUT2D eigenvalue weighted by Gasteiger charge is -2.33. The van der Waals surface area contributed by atoms with Crippen LogP contribution < -0.4 is 10.2 Å². The Kier molecular flexibility index (Phi) is 5.28. The third kappa shape index (κ3) is 3.72. The van der Waals surface area contributed by atoms with Gasteiger partial charge in [-0.3, -0.25) is 4.79 Å². The van der Waals surface area contributed by atoms with Crippen LogP contribution in [0.3, 0.4) is 0 Å². The summed E-state index contributed by atoms with van der Waals surface area (Å²) in [6, 6.07) is 14.3. The average molecular weight is 377 g/mol. The summed E-state index contributed by atoms with van der Waals surface area (Å²) in [5, 5.41) is 7.86. The molecular weight excluding hydrogens is 350 g/mol. The van der Waals surface area contributed by atoms with Crippen LogP contribution in [0.15, 0.2) is 42.5 Å². The zero-order valence-corrected chi connectivity index (χ0v) is 16.6. The van der Waals surface area contributed by atoms with Crippen LogP contribution in [0.4, 0.5) is 5.82 Å². The van der Waals surface area contributed by atoms with Crippen LogP contribution in [-0.2, 0) is 4.79 Å². The van der Waals surface area contributed by atoms with Crippen molar-refractivity contribution in [2.75, 3.05) is 24.5 Å². The van der Waals surface area contributed by atoms with Gasteiger partial charge in [0.1, 0.15) is 5.82 Å². The summed E-state index contributed by atoms with van der Waals surface area (Å²) in [6.45, 7) is 6.56. The minimum Gasteiger partial charge on any atom is -0.356 e. The first-order valence-corrected chi connectivity index (χ1v) is 10.1. The molecule has 6 heteroatoms. The molecule has 2 aromatic heterocycles. The van der Waals surface area contributed by atoms with E-state index in [4.69, 9.17) is 5.10 Å². The lowest BCUT2D eigenvalue weighted by Crippen LogP contribution is -2.41. The number of hydrogen-bond donors (Lipinski definition) is 1. The monoisotopic (exact) mass is 377 g/mol. The van der Waals surface area contributed by atoms with E-state index in [1.807, 2.05) is 35.7 Å². The van der Waals surface area contributed by atoms with Gasteiger partial charge in [0.05, 0.1) is 5.69 Å². The average Bonchev–Trinajstić information content (AvgIpc) is 3.16. The van der Waals surface area contributed by atoms with Gasteiger partial charge in [-0.15, -0.1) is 0 Å². The largest absolute Gasteiger partial charge is 0.356 e. The molecule has 1 N–H and O–H groups in total. The summed E-state index contributed by atoms with van der Waals surface area (Å²) in [4.78, 5) is 19.3. The summed E-state index contributed by atoms with van der Waals surface area (Å²) in [7, 11) is 0. The van der Waals surface area contributed by atoms with Crippen LogP contribution in [0.5, 0.6) is 0 Å². The van der Waals surface area contributed by atoms with Crippen LogP contribution in [0.25, 0.3) is 16.9 Å². The molecule has 1 aliphatic heterocycles. The number of hydrogen-bond acceptors (Lipinski definition) is 4. The number of nitrogens with one attached hydrogen (secondary N) is 1. The minimum atomic E-state index is 0.110. The summed E-state index contributed by atoms with van der Waals surface area (Å²) in [6.07, 6.45) is 2.71. The highest BCUT2D eigenvalue weighted by atomic mass is 16.1. The van der Waals surface area contributed by atoms with Crippen molar-refractivity contribution >= 4 is 17.4 Å². The number of benzene rings is 1. The van der Waals surface area contributed by atoms with Gasteiger partial charge in [-0.1, -0.05) is 37.3 Å². The molecule has 3 aromatic rings. The van der Waals surface area contributed by atoms with E-state index in [9.17, 15) is 4.79 Å². The lowest BCUT2D eigenvalue weighted by atomic mass is 9.96. The molecule has 0 atom stereocenters. The normalized spacial score (nSPS) is 15.1. The van der Waals surface area contributed by atoms with Gasteiger partial charge < -0.3 is 10.2 Å². The van der Waals surface area contributed by atoms with E-state index in [0.717, 1.165) is 67.3 Å². The van der Waals surface area contributed by atoms with Crippen LogP contribution >= 0.6 is 0 Å². The van der Waals surface area contributed by atoms with Crippen molar-refractivity contribution in [3.63, 3.8) is 0 Å². The second-order valence-corrected chi connectivity index (χ2v) is 7.47. The number of amides is 1. The number of fused-ring (bicyclic) bond motifs is 1. The van der Waals surface area contributed by atoms with Crippen molar-refractivity contribution in [2.24, 2.45) is 5.92 Å². The van der Waals surface area contributed by atoms with Gasteiger partial charge in [0.2, 0.25) is 5.91 Å². The first-order valence-electron chi connectivity index (χ1n) is 10.1. The first kappa shape index (κ1) is 18.5. The van der Waals surface area contributed by atoms with Gasteiger partial charge in [0.25, 0.3) is 0 Å². The van der Waals surface area contributed by atoms with E-state index in [-0.39, 0.29) is 11.8 Å². The molecule has 0 radical (unpaired) electrons. The maximum Gasteiger partial charge on any atom is 0.223 e. The van der Waals surface area contributed by atoms with Crippen LogP contribution in [0.2, 0.25) is 0 Å². The van der Waals surface area contributed by atoms with E-state index in [2.05, 4.69) is 40.3 Å². The van der Waals surface area contributed by atoms with Crippen molar-refractivity contribution in [1.29, 1.82) is 0 Å². The van der Waals surface area contributed by atoms with Crippen molar-refractivity contribution in [3.05, 3.63) is 48.2 Å². The molecule has 4 rings (SSSR count). The molecule has 28 heavy (non-hydrogen) atoms. The van der Waals surface area contributed by atoms with Gasteiger partial charge in [-0.05, 0) is 26.2 Å². The molecule has 0 unspecified atom stereocenters. The number of rotatable bonds is 5. The third-order valence-electron chi connectivity index (χ3n) is 5.34. The number of nitrogens with zero attached hydrogens (tertiary/aromatic N) is 4. The highest BCUT2D eigenvalue weighted by molar-refractivity contribution is 5.79. The number of aromatic nitrogens is 3. The molecule has 3 heterocycles. The SMILES string of the molecule is CCCNC(=O)C1CCN(c2cc(C)nc3cc(-c4ccccc4)nn23)CC1. The number of anilines is 1. The molecule has 1 fully saturated rings. The highest BCUT2D eigenvalue weighted by Gasteiger charge is 2.26. The number of aryl methyl sites for hydroxylation is 1. The van der Waals surface area contributed by atoms with Gasteiger partial charge in [-0.25, -0.2) is 4.98 Å². The smallest absolute Gasteiger partial charge is 0.223 e. The Labute approximate surface area is 165 Å². The van der Waals surface area contributed by atoms with E-state index < -0.39 is 0 Å². The maximum absolute atomic E-state index is 12.3. The van der Waals surface area contributed by atoms with E-state index >= 15 is 0 Å². The van der Waals surface area contributed by atoms with Gasteiger partial charge >= 0.3 is 0 Å². The molecule has 0 spiro atoms. The predicted octanol–water partition coefficient (Wildman–Crippen LogP) is 3.45. The van der Waals surface area contributed by atoms with Crippen molar-refractivity contribution < 1.29 is 4.79 Å². The molecule has 1 saturated heterocycles. The van der Waals surface area contributed by atoms with Gasteiger partial charge in [0.15, 0.2) is 5.65 Å². The van der Waals surface area contributed by atoms with E-state index in [1.54, 1.807) is 0 Å². The molecule has 0 bridgehead atoms. The predicted molar refractivity (Wildman–Crippen MR) is 111 cm³/mol. The number of piperidine rings is 1. The minimum absolute atomic E-state index is 0.110. The molecule has 0 saturated carbocycles. The second-order valence-electron chi connectivity index (χ2n) is 7.47. The fourth-order valence-corrected chi connectivity index (χ4v) is 3.82. The topological polar surface area (TPSA) is 62.5 Å². The molecule has 1 aliphatic rings. The zero-order valence-electron chi connectivity index (χ0n) is 16.6. The fourth-order valence-electron chi connectivity index (χ4n) is 3.82. The summed E-state index contributed by atoms with van der Waals surface area (Å²) in [5.74, 6) is 1.36. The molecule has 6 nitrogen and oxygen atoms in total. The molecular formula is C22H27N5O. The van der Waals surface area contributed by atoms with Crippen molar-refractivity contribution in [3.8, 4) is 11.3 Å². The Hall–Kier alpha value is -2.89. The molecule has 1 aromatic carbocycles. The standard InChI is InChI=1S/C22H27N5O/c1-3-11-23-22(28)18-9-12-26(13-10-18)21-14-16(2)24-20-15-19(25-27(20)21)17-7-5-4-6-8-17/h4-8,14-15,18H,3,9-13H2,1-2H3,(H,23,28). The summed E-state index contributed by atoms with van der Waals surface area (Å²) < 4.78 is 1.94. The third-order valence-corrected chi connectivity index (χ3v) is 5.34. The van der Waals surface area contributed by atoms with Crippen LogP contribution in [0.1, 0.15) is 31.9 Å². The highest BCUT2D eigenvalue weighted by Crippen LogP contribution is 2.27. The Balaban J connectivity index is 1.57. The maximum atomic E-state index is 12.3. The van der Waals surface area contributed by atoms with Crippen molar-refractivity contribution in [2.45, 2.75) is 33.1 Å². The fraction of sp³-hybridized carbons (Fsp3) is 0.409. The lowest BCUT2D eigenvalue weighted by molar-refractivity contribution is -0.125. The van der Waals surface area contributed by atoms with Gasteiger partial charge in [0, 0.05) is 48.9 Å². The Morgan fingerprint density at radius 2 is 1.93 bits per heavy atom. The molecule has 0 aliphatic carbocycles. The number of carbonyl (C=O) groups is 1. The molecule has 1 amide bonds. The van der Waals surface area contributed by atoms with E-state index in [1.165, 1.54) is 0 Å². The van der Waals surface area contributed by atoms with Crippen LogP contribution in [-0.4, -0.2) is 40.1 Å². The first-order chi connectivity index (χ1) is 13.7. The number of carbonyl (C=O) groups excluding carboxylic acids is 1. The Morgan fingerprint density at radius 3 is 2.64 bits per heavy atom. The zero-order chi connectivity index (χ0) is 19.5. The molecule has 146 valence electrons. The Morgan fingerprint density at radius 1 is 1.18 bits per heavy atom. The summed E-state index contributed by atoms with van der Waals surface area (Å²) >= 11 is 0.